The Labute approximate surface area is 125 Å². The number of benzene rings is 2. The van der Waals surface area contributed by atoms with Crippen molar-refractivity contribution in [2.24, 2.45) is 0 Å². The van der Waals surface area contributed by atoms with Crippen molar-refractivity contribution in [2.45, 2.75) is 32.4 Å². The number of carboxylic acid groups (broad SMARTS) is 1. The van der Waals surface area contributed by atoms with Crippen LogP contribution >= 0.6 is 0 Å². The monoisotopic (exact) mass is 283 g/mol. The SMILES string of the molecule is CCc1ccc(C(C)(NCc2ccccc2)C(=O)O)cc1. The third kappa shape index (κ3) is 3.50. The van der Waals surface area contributed by atoms with Crippen LogP contribution in [0.15, 0.2) is 54.6 Å². The average Bonchev–Trinajstić information content (AvgIpc) is 2.53. The summed E-state index contributed by atoms with van der Waals surface area (Å²) in [4.78, 5) is 11.7. The van der Waals surface area contributed by atoms with E-state index in [0.717, 1.165) is 17.5 Å². The van der Waals surface area contributed by atoms with Crippen LogP contribution in [0.25, 0.3) is 0 Å². The van der Waals surface area contributed by atoms with Crippen LogP contribution in [0, 0.1) is 0 Å². The predicted octanol–water partition coefficient (Wildman–Crippen LogP) is 3.34. The summed E-state index contributed by atoms with van der Waals surface area (Å²) in [7, 11) is 0. The molecule has 21 heavy (non-hydrogen) atoms. The third-order valence-corrected chi connectivity index (χ3v) is 3.86. The topological polar surface area (TPSA) is 49.3 Å². The molecule has 0 aliphatic carbocycles. The largest absolute Gasteiger partial charge is 0.480 e. The Morgan fingerprint density at radius 3 is 2.19 bits per heavy atom. The molecule has 0 aromatic heterocycles. The lowest BCUT2D eigenvalue weighted by atomic mass is 9.90. The summed E-state index contributed by atoms with van der Waals surface area (Å²) in [6.07, 6.45) is 0.946. The smallest absolute Gasteiger partial charge is 0.328 e. The van der Waals surface area contributed by atoms with Gasteiger partial charge >= 0.3 is 5.97 Å². The molecule has 0 saturated heterocycles. The summed E-state index contributed by atoms with van der Waals surface area (Å²) in [5, 5.41) is 12.8. The number of rotatable bonds is 6. The minimum atomic E-state index is -1.10. The molecule has 0 saturated carbocycles. The minimum Gasteiger partial charge on any atom is -0.480 e. The molecule has 110 valence electrons. The summed E-state index contributed by atoms with van der Waals surface area (Å²) < 4.78 is 0. The van der Waals surface area contributed by atoms with Gasteiger partial charge in [-0.3, -0.25) is 5.32 Å². The fourth-order valence-electron chi connectivity index (χ4n) is 2.25. The second kappa shape index (κ2) is 6.55. The van der Waals surface area contributed by atoms with E-state index in [1.807, 2.05) is 54.6 Å². The van der Waals surface area contributed by atoms with Gasteiger partial charge in [0.05, 0.1) is 0 Å². The molecule has 0 bridgehead atoms. The van der Waals surface area contributed by atoms with Crippen molar-refractivity contribution in [1.82, 2.24) is 5.32 Å². The van der Waals surface area contributed by atoms with Crippen molar-refractivity contribution >= 4 is 5.97 Å². The fourth-order valence-corrected chi connectivity index (χ4v) is 2.25. The zero-order chi connectivity index (χ0) is 15.3. The molecule has 2 aromatic rings. The first-order valence-electron chi connectivity index (χ1n) is 7.18. The Hall–Kier alpha value is -2.13. The van der Waals surface area contributed by atoms with E-state index in [1.165, 1.54) is 5.56 Å². The number of hydrogen-bond acceptors (Lipinski definition) is 2. The Morgan fingerprint density at radius 2 is 1.67 bits per heavy atom. The fraction of sp³-hybridized carbons (Fsp3) is 0.278. The van der Waals surface area contributed by atoms with Gasteiger partial charge in [-0.1, -0.05) is 61.5 Å². The Bertz CT molecular complexity index is 592. The van der Waals surface area contributed by atoms with Gasteiger partial charge in [-0.25, -0.2) is 4.79 Å². The van der Waals surface area contributed by atoms with Gasteiger partial charge < -0.3 is 5.11 Å². The van der Waals surface area contributed by atoms with Crippen molar-refractivity contribution in [2.75, 3.05) is 0 Å². The highest BCUT2D eigenvalue weighted by Crippen LogP contribution is 2.22. The zero-order valence-corrected chi connectivity index (χ0v) is 12.5. The molecule has 0 radical (unpaired) electrons. The molecule has 1 atom stereocenters. The minimum absolute atomic E-state index is 0.513. The van der Waals surface area contributed by atoms with E-state index in [-0.39, 0.29) is 0 Å². The molecule has 1 unspecified atom stereocenters. The van der Waals surface area contributed by atoms with Gasteiger partial charge in [0, 0.05) is 6.54 Å². The Kier molecular flexibility index (Phi) is 4.76. The van der Waals surface area contributed by atoms with Crippen LogP contribution in [0.5, 0.6) is 0 Å². The van der Waals surface area contributed by atoms with Crippen LogP contribution in [0.1, 0.15) is 30.5 Å². The van der Waals surface area contributed by atoms with E-state index < -0.39 is 11.5 Å². The van der Waals surface area contributed by atoms with Crippen LogP contribution in [-0.4, -0.2) is 11.1 Å². The first-order valence-corrected chi connectivity index (χ1v) is 7.18. The Balaban J connectivity index is 2.21. The van der Waals surface area contributed by atoms with Crippen molar-refractivity contribution in [1.29, 1.82) is 0 Å². The molecule has 3 heteroatoms. The van der Waals surface area contributed by atoms with Gasteiger partial charge in [-0.2, -0.15) is 0 Å². The molecule has 0 spiro atoms. The normalized spacial score (nSPS) is 13.6. The van der Waals surface area contributed by atoms with Crippen molar-refractivity contribution in [3.8, 4) is 0 Å². The van der Waals surface area contributed by atoms with Gasteiger partial charge in [0.25, 0.3) is 0 Å². The summed E-state index contributed by atoms with van der Waals surface area (Å²) in [6, 6.07) is 17.6. The van der Waals surface area contributed by atoms with Crippen molar-refractivity contribution in [3.63, 3.8) is 0 Å². The van der Waals surface area contributed by atoms with Gasteiger partial charge in [0.2, 0.25) is 0 Å². The van der Waals surface area contributed by atoms with Crippen LogP contribution in [0.4, 0.5) is 0 Å². The van der Waals surface area contributed by atoms with Crippen molar-refractivity contribution < 1.29 is 9.90 Å². The summed E-state index contributed by atoms with van der Waals surface area (Å²) in [5.74, 6) is -0.873. The number of carboxylic acids is 1. The molecule has 2 rings (SSSR count). The molecule has 0 aliphatic heterocycles. The second-order valence-electron chi connectivity index (χ2n) is 5.32. The average molecular weight is 283 g/mol. The highest BCUT2D eigenvalue weighted by molar-refractivity contribution is 5.80. The maximum atomic E-state index is 11.7. The highest BCUT2D eigenvalue weighted by Gasteiger charge is 2.34. The summed E-state index contributed by atoms with van der Waals surface area (Å²) in [5.41, 5.74) is 1.94. The lowest BCUT2D eigenvalue weighted by molar-refractivity contribution is -0.144. The van der Waals surface area contributed by atoms with Gasteiger partial charge in [0.1, 0.15) is 5.54 Å². The number of nitrogens with one attached hydrogen (secondary N) is 1. The molecule has 2 N–H and O–H groups in total. The quantitative estimate of drug-likeness (QED) is 0.855. The van der Waals surface area contributed by atoms with E-state index in [0.29, 0.717) is 6.54 Å². The van der Waals surface area contributed by atoms with Crippen LogP contribution in [-0.2, 0) is 23.3 Å². The summed E-state index contributed by atoms with van der Waals surface area (Å²) in [6.45, 7) is 4.30. The number of carbonyl (C=O) groups is 1. The standard InChI is InChI=1S/C18H21NO2/c1-3-14-9-11-16(12-10-14)18(2,17(20)21)19-13-15-7-5-4-6-8-15/h4-12,19H,3,13H2,1-2H3,(H,20,21). The molecule has 0 heterocycles. The Morgan fingerprint density at radius 1 is 1.05 bits per heavy atom. The van der Waals surface area contributed by atoms with Crippen LogP contribution in [0.3, 0.4) is 0 Å². The van der Waals surface area contributed by atoms with Gasteiger partial charge in [0.15, 0.2) is 0 Å². The van der Waals surface area contributed by atoms with E-state index >= 15 is 0 Å². The molecule has 2 aromatic carbocycles. The number of hydrogen-bond donors (Lipinski definition) is 2. The lowest BCUT2D eigenvalue weighted by Crippen LogP contribution is -2.46. The molecule has 0 amide bonds. The first kappa shape index (κ1) is 15.3. The summed E-state index contributed by atoms with van der Waals surface area (Å²) >= 11 is 0. The number of aliphatic carboxylic acids is 1. The van der Waals surface area contributed by atoms with E-state index in [2.05, 4.69) is 12.2 Å². The third-order valence-electron chi connectivity index (χ3n) is 3.86. The highest BCUT2D eigenvalue weighted by atomic mass is 16.4. The maximum Gasteiger partial charge on any atom is 0.328 e. The van der Waals surface area contributed by atoms with Gasteiger partial charge in [-0.15, -0.1) is 0 Å². The van der Waals surface area contributed by atoms with Crippen LogP contribution in [0.2, 0.25) is 0 Å². The number of aryl methyl sites for hydroxylation is 1. The predicted molar refractivity (Wildman–Crippen MR) is 84.1 cm³/mol. The second-order valence-corrected chi connectivity index (χ2v) is 5.32. The van der Waals surface area contributed by atoms with E-state index in [9.17, 15) is 9.90 Å². The van der Waals surface area contributed by atoms with Crippen LogP contribution < -0.4 is 5.32 Å². The van der Waals surface area contributed by atoms with E-state index in [4.69, 9.17) is 0 Å². The van der Waals surface area contributed by atoms with Crippen molar-refractivity contribution in [3.05, 3.63) is 71.3 Å². The lowest BCUT2D eigenvalue weighted by Gasteiger charge is -2.27. The molecule has 3 nitrogen and oxygen atoms in total. The zero-order valence-electron chi connectivity index (χ0n) is 12.5. The maximum absolute atomic E-state index is 11.7. The van der Waals surface area contributed by atoms with E-state index in [1.54, 1.807) is 6.92 Å². The molecular weight excluding hydrogens is 262 g/mol. The molecular formula is C18H21NO2. The van der Waals surface area contributed by atoms with Gasteiger partial charge in [-0.05, 0) is 30.0 Å². The first-order chi connectivity index (χ1) is 10.1. The molecule has 0 fully saturated rings. The molecule has 0 aliphatic rings.